The summed E-state index contributed by atoms with van der Waals surface area (Å²) < 4.78 is 27.1. The largest absolute Gasteiger partial charge is 0.397 e. The highest BCUT2D eigenvalue weighted by Crippen LogP contribution is 2.37. The van der Waals surface area contributed by atoms with Crippen LogP contribution in [0.3, 0.4) is 0 Å². The molecule has 0 heterocycles. The Balaban J connectivity index is 2.38. The number of nitrogens with zero attached hydrogens (tertiary/aromatic N) is 1. The van der Waals surface area contributed by atoms with Gasteiger partial charge >= 0.3 is 0 Å². The monoisotopic (exact) mass is 240 g/mol. The van der Waals surface area contributed by atoms with Crippen molar-refractivity contribution in [2.24, 2.45) is 5.92 Å². The molecule has 0 saturated heterocycles. The number of nitrogens with two attached hydrogens (primary N) is 1. The van der Waals surface area contributed by atoms with Crippen molar-refractivity contribution in [1.29, 1.82) is 0 Å². The summed E-state index contributed by atoms with van der Waals surface area (Å²) >= 11 is 0. The van der Waals surface area contributed by atoms with Crippen molar-refractivity contribution in [3.05, 3.63) is 23.8 Å². The Bertz CT molecular complexity index is 414. The molecule has 0 amide bonds. The minimum atomic E-state index is -0.830. The first kappa shape index (κ1) is 12.1. The molecule has 17 heavy (non-hydrogen) atoms. The molecular formula is C13H18F2N2. The van der Waals surface area contributed by atoms with Crippen LogP contribution in [0.15, 0.2) is 12.1 Å². The van der Waals surface area contributed by atoms with Gasteiger partial charge in [-0.25, -0.2) is 8.78 Å². The highest BCUT2D eigenvalue weighted by Gasteiger charge is 2.32. The summed E-state index contributed by atoms with van der Waals surface area (Å²) in [6.45, 7) is 4.82. The number of halogens is 2. The van der Waals surface area contributed by atoms with Crippen LogP contribution in [-0.4, -0.2) is 12.6 Å². The van der Waals surface area contributed by atoms with Crippen LogP contribution in [0.5, 0.6) is 0 Å². The van der Waals surface area contributed by atoms with E-state index in [-0.39, 0.29) is 5.69 Å². The normalized spacial score (nSPS) is 15.4. The van der Waals surface area contributed by atoms with Crippen molar-refractivity contribution in [1.82, 2.24) is 0 Å². The van der Waals surface area contributed by atoms with E-state index in [1.54, 1.807) is 0 Å². The van der Waals surface area contributed by atoms with Crippen LogP contribution >= 0.6 is 0 Å². The van der Waals surface area contributed by atoms with Gasteiger partial charge in [0.25, 0.3) is 0 Å². The lowest BCUT2D eigenvalue weighted by Gasteiger charge is -2.28. The number of rotatable bonds is 4. The lowest BCUT2D eigenvalue weighted by atomic mass is 10.1. The summed E-state index contributed by atoms with van der Waals surface area (Å²) in [6, 6.07) is 2.83. The minimum absolute atomic E-state index is 0.237. The van der Waals surface area contributed by atoms with E-state index in [9.17, 15) is 8.78 Å². The Labute approximate surface area is 100 Å². The van der Waals surface area contributed by atoms with Gasteiger partial charge in [0.1, 0.15) is 0 Å². The first-order chi connectivity index (χ1) is 8.00. The van der Waals surface area contributed by atoms with Gasteiger partial charge in [-0.2, -0.15) is 0 Å². The van der Waals surface area contributed by atoms with Gasteiger partial charge in [0.15, 0.2) is 11.6 Å². The molecule has 1 aliphatic rings. The van der Waals surface area contributed by atoms with E-state index < -0.39 is 11.6 Å². The fourth-order valence-electron chi connectivity index (χ4n) is 2.05. The van der Waals surface area contributed by atoms with E-state index in [4.69, 9.17) is 5.73 Å². The van der Waals surface area contributed by atoms with Crippen LogP contribution in [0, 0.1) is 17.6 Å². The lowest BCUT2D eigenvalue weighted by molar-refractivity contribution is 0.501. The second kappa shape index (κ2) is 4.51. The SMILES string of the molecule is CC(C)CN(c1c(N)ccc(F)c1F)C1CC1. The average molecular weight is 240 g/mol. The van der Waals surface area contributed by atoms with Crippen molar-refractivity contribution in [3.63, 3.8) is 0 Å². The third kappa shape index (κ3) is 2.51. The zero-order valence-electron chi connectivity index (χ0n) is 10.2. The second-order valence-corrected chi connectivity index (χ2v) is 5.08. The predicted molar refractivity (Wildman–Crippen MR) is 66.0 cm³/mol. The van der Waals surface area contributed by atoms with Crippen LogP contribution in [-0.2, 0) is 0 Å². The summed E-state index contributed by atoms with van der Waals surface area (Å²) in [5, 5.41) is 0. The maximum Gasteiger partial charge on any atom is 0.184 e. The van der Waals surface area contributed by atoms with E-state index in [1.807, 2.05) is 4.90 Å². The van der Waals surface area contributed by atoms with Crippen LogP contribution in [0.1, 0.15) is 26.7 Å². The molecule has 94 valence electrons. The van der Waals surface area contributed by atoms with E-state index in [0.717, 1.165) is 18.9 Å². The lowest BCUT2D eigenvalue weighted by Crippen LogP contribution is -2.31. The Hall–Kier alpha value is -1.32. The Kier molecular flexibility index (Phi) is 3.22. The molecule has 0 aromatic heterocycles. The molecule has 2 nitrogen and oxygen atoms in total. The smallest absolute Gasteiger partial charge is 0.184 e. The van der Waals surface area contributed by atoms with Crippen LogP contribution in [0.25, 0.3) is 0 Å². The van der Waals surface area contributed by atoms with E-state index in [0.29, 0.717) is 24.2 Å². The van der Waals surface area contributed by atoms with Crippen LogP contribution < -0.4 is 10.6 Å². The Morgan fingerprint density at radius 2 is 2.00 bits per heavy atom. The maximum absolute atomic E-state index is 13.9. The van der Waals surface area contributed by atoms with Crippen LogP contribution in [0.4, 0.5) is 20.2 Å². The molecular weight excluding hydrogens is 222 g/mol. The summed E-state index contributed by atoms with van der Waals surface area (Å²) in [7, 11) is 0. The molecule has 2 N–H and O–H groups in total. The minimum Gasteiger partial charge on any atom is -0.397 e. The fourth-order valence-corrected chi connectivity index (χ4v) is 2.05. The van der Waals surface area contributed by atoms with E-state index >= 15 is 0 Å². The Morgan fingerprint density at radius 1 is 1.35 bits per heavy atom. The van der Waals surface area contributed by atoms with Gasteiger partial charge in [-0.3, -0.25) is 0 Å². The molecule has 4 heteroatoms. The van der Waals surface area contributed by atoms with Crippen molar-refractivity contribution >= 4 is 11.4 Å². The van der Waals surface area contributed by atoms with Crippen molar-refractivity contribution in [2.75, 3.05) is 17.2 Å². The number of hydrogen-bond acceptors (Lipinski definition) is 2. The van der Waals surface area contributed by atoms with Gasteiger partial charge in [0.2, 0.25) is 0 Å². The molecule has 0 aliphatic heterocycles. The van der Waals surface area contributed by atoms with Gasteiger partial charge in [-0.05, 0) is 30.9 Å². The molecule has 0 atom stereocenters. The molecule has 0 radical (unpaired) electrons. The summed E-state index contributed by atoms with van der Waals surface area (Å²) in [6.07, 6.45) is 2.06. The number of benzene rings is 1. The third-order valence-corrected chi connectivity index (χ3v) is 2.94. The molecule has 1 aromatic carbocycles. The van der Waals surface area contributed by atoms with Gasteiger partial charge in [0.05, 0.1) is 11.4 Å². The summed E-state index contributed by atoms with van der Waals surface area (Å²) in [5.74, 6) is -1.26. The molecule has 1 saturated carbocycles. The molecule has 0 bridgehead atoms. The van der Waals surface area contributed by atoms with E-state index in [2.05, 4.69) is 13.8 Å². The topological polar surface area (TPSA) is 29.3 Å². The first-order valence-corrected chi connectivity index (χ1v) is 6.00. The van der Waals surface area contributed by atoms with Crippen LogP contribution in [0.2, 0.25) is 0 Å². The molecule has 2 rings (SSSR count). The zero-order chi connectivity index (χ0) is 12.6. The van der Waals surface area contributed by atoms with Gasteiger partial charge < -0.3 is 10.6 Å². The molecule has 1 aliphatic carbocycles. The zero-order valence-corrected chi connectivity index (χ0v) is 10.2. The predicted octanol–water partition coefficient (Wildman–Crippen LogP) is 3.17. The van der Waals surface area contributed by atoms with Crippen molar-refractivity contribution in [2.45, 2.75) is 32.7 Å². The third-order valence-electron chi connectivity index (χ3n) is 2.94. The first-order valence-electron chi connectivity index (χ1n) is 6.00. The van der Waals surface area contributed by atoms with Gasteiger partial charge in [-0.15, -0.1) is 0 Å². The summed E-state index contributed by atoms with van der Waals surface area (Å²) in [5.41, 5.74) is 6.34. The molecule has 0 spiro atoms. The highest BCUT2D eigenvalue weighted by atomic mass is 19.2. The molecule has 1 fully saturated rings. The molecule has 1 aromatic rings. The number of hydrogen-bond donors (Lipinski definition) is 1. The molecule has 0 unspecified atom stereocenters. The highest BCUT2D eigenvalue weighted by molar-refractivity contribution is 5.69. The van der Waals surface area contributed by atoms with Crippen molar-refractivity contribution in [3.8, 4) is 0 Å². The van der Waals surface area contributed by atoms with Gasteiger partial charge in [0, 0.05) is 12.6 Å². The average Bonchev–Trinajstić information content (AvgIpc) is 3.06. The maximum atomic E-state index is 13.9. The standard InChI is InChI=1S/C13H18F2N2/c1-8(2)7-17(9-3-4-9)13-11(16)6-5-10(14)12(13)15/h5-6,8-9H,3-4,7,16H2,1-2H3. The fraction of sp³-hybridized carbons (Fsp3) is 0.538. The Morgan fingerprint density at radius 3 is 2.53 bits per heavy atom. The van der Waals surface area contributed by atoms with Gasteiger partial charge in [-0.1, -0.05) is 13.8 Å². The second-order valence-electron chi connectivity index (χ2n) is 5.08. The van der Waals surface area contributed by atoms with E-state index in [1.165, 1.54) is 6.07 Å². The van der Waals surface area contributed by atoms with Crippen molar-refractivity contribution < 1.29 is 8.78 Å². The quantitative estimate of drug-likeness (QED) is 0.819. The number of anilines is 2. The number of nitrogen functional groups attached to an aromatic ring is 1. The summed E-state index contributed by atoms with van der Waals surface area (Å²) in [4.78, 5) is 1.92.